The van der Waals surface area contributed by atoms with Crippen LogP contribution >= 0.6 is 47.3 Å². The van der Waals surface area contributed by atoms with Crippen molar-refractivity contribution in [3.8, 4) is 0 Å². The molecule has 0 aliphatic carbocycles. The number of thioether (sulfide) groups is 1. The monoisotopic (exact) mass is 494 g/mol. The Kier molecular flexibility index (Phi) is 10.8. The fourth-order valence-corrected chi connectivity index (χ4v) is 2.91. The number of benzene rings is 1. The number of aliphatic imine (C=N–C) groups is 1. The Morgan fingerprint density at radius 3 is 2.64 bits per heavy atom. The second-order valence-electron chi connectivity index (χ2n) is 4.94. The highest BCUT2D eigenvalue weighted by molar-refractivity contribution is 14.0. The van der Waals surface area contributed by atoms with Crippen molar-refractivity contribution < 1.29 is 4.39 Å². The van der Waals surface area contributed by atoms with Crippen molar-refractivity contribution in [1.82, 2.24) is 15.6 Å². The first kappa shape index (κ1) is 22.0. The lowest BCUT2D eigenvalue weighted by atomic mass is 10.2. The number of guanidine groups is 1. The normalized spacial score (nSPS) is 10.9. The number of nitrogens with one attached hydrogen (secondary N) is 2. The van der Waals surface area contributed by atoms with Gasteiger partial charge in [-0.1, -0.05) is 29.8 Å². The van der Waals surface area contributed by atoms with Gasteiger partial charge in [0.05, 0.1) is 0 Å². The van der Waals surface area contributed by atoms with Crippen LogP contribution in [0.3, 0.4) is 0 Å². The van der Waals surface area contributed by atoms with E-state index in [1.807, 2.05) is 12.1 Å². The van der Waals surface area contributed by atoms with Gasteiger partial charge >= 0.3 is 0 Å². The molecule has 2 N–H and O–H groups in total. The van der Waals surface area contributed by atoms with E-state index in [9.17, 15) is 4.39 Å². The maximum Gasteiger partial charge on any atom is 0.191 e. The van der Waals surface area contributed by atoms with Crippen molar-refractivity contribution in [3.63, 3.8) is 0 Å². The molecule has 1 heterocycles. The maximum absolute atomic E-state index is 13.5. The fourth-order valence-electron chi connectivity index (χ4n) is 1.99. The van der Waals surface area contributed by atoms with Gasteiger partial charge in [0.1, 0.15) is 11.0 Å². The number of halogens is 3. The standard InChI is InChI=1S/C17H20ClFN4S.HI/c1-20-17(21-9-8-13-6-7-16(18)23-12-13)22-10-11-24-15-5-3-2-4-14(15)19;/h2-7,12H,8-11H2,1H3,(H2,20,21,22);1H. The van der Waals surface area contributed by atoms with Crippen LogP contribution in [0.25, 0.3) is 0 Å². The Morgan fingerprint density at radius 2 is 1.96 bits per heavy atom. The van der Waals surface area contributed by atoms with Crippen LogP contribution in [-0.4, -0.2) is 36.8 Å². The molecule has 0 fully saturated rings. The molecule has 136 valence electrons. The van der Waals surface area contributed by atoms with Crippen molar-refractivity contribution in [3.05, 3.63) is 59.1 Å². The smallest absolute Gasteiger partial charge is 0.191 e. The molecule has 4 nitrogen and oxygen atoms in total. The summed E-state index contributed by atoms with van der Waals surface area (Å²) in [5, 5.41) is 6.95. The third kappa shape index (κ3) is 8.24. The van der Waals surface area contributed by atoms with Gasteiger partial charge in [-0.3, -0.25) is 4.99 Å². The molecule has 0 aliphatic rings. The van der Waals surface area contributed by atoms with Crippen molar-refractivity contribution in [2.75, 3.05) is 25.9 Å². The number of pyridine rings is 1. The largest absolute Gasteiger partial charge is 0.356 e. The van der Waals surface area contributed by atoms with E-state index in [2.05, 4.69) is 20.6 Å². The van der Waals surface area contributed by atoms with Crippen LogP contribution in [-0.2, 0) is 6.42 Å². The average molecular weight is 495 g/mol. The molecular formula is C17H21ClFIN4S. The van der Waals surface area contributed by atoms with Crippen molar-refractivity contribution >= 4 is 53.3 Å². The van der Waals surface area contributed by atoms with Gasteiger partial charge in [-0.15, -0.1) is 35.7 Å². The molecule has 2 rings (SSSR count). The number of hydrogen-bond donors (Lipinski definition) is 2. The molecule has 0 bridgehead atoms. The van der Waals surface area contributed by atoms with Gasteiger partial charge in [0, 0.05) is 37.0 Å². The summed E-state index contributed by atoms with van der Waals surface area (Å²) in [6.45, 7) is 1.44. The highest BCUT2D eigenvalue weighted by atomic mass is 127. The predicted molar refractivity (Wildman–Crippen MR) is 115 cm³/mol. The summed E-state index contributed by atoms with van der Waals surface area (Å²) >= 11 is 7.24. The quantitative estimate of drug-likeness (QED) is 0.153. The van der Waals surface area contributed by atoms with Crippen LogP contribution in [0, 0.1) is 5.82 Å². The number of nitrogens with zero attached hydrogens (tertiary/aromatic N) is 2. The van der Waals surface area contributed by atoms with Gasteiger partial charge in [-0.2, -0.15) is 0 Å². The first-order valence-corrected chi connectivity index (χ1v) is 8.97. The fraction of sp³-hybridized carbons (Fsp3) is 0.294. The van der Waals surface area contributed by atoms with Crippen molar-refractivity contribution in [2.24, 2.45) is 4.99 Å². The van der Waals surface area contributed by atoms with Crippen LogP contribution in [0.5, 0.6) is 0 Å². The molecule has 25 heavy (non-hydrogen) atoms. The number of rotatable bonds is 7. The molecule has 0 unspecified atom stereocenters. The second-order valence-corrected chi connectivity index (χ2v) is 6.47. The van der Waals surface area contributed by atoms with Crippen LogP contribution in [0.2, 0.25) is 5.15 Å². The lowest BCUT2D eigenvalue weighted by molar-refractivity contribution is 0.602. The molecule has 2 aromatic rings. The topological polar surface area (TPSA) is 49.3 Å². The van der Waals surface area contributed by atoms with E-state index in [0.29, 0.717) is 16.6 Å². The van der Waals surface area contributed by atoms with Gasteiger partial charge < -0.3 is 10.6 Å². The molecule has 0 aliphatic heterocycles. The van der Waals surface area contributed by atoms with E-state index in [4.69, 9.17) is 11.6 Å². The van der Waals surface area contributed by atoms with E-state index in [-0.39, 0.29) is 29.8 Å². The van der Waals surface area contributed by atoms with E-state index in [0.717, 1.165) is 30.2 Å². The Bertz CT molecular complexity index is 670. The Morgan fingerprint density at radius 1 is 1.20 bits per heavy atom. The van der Waals surface area contributed by atoms with E-state index >= 15 is 0 Å². The lowest BCUT2D eigenvalue weighted by Crippen LogP contribution is -2.39. The zero-order chi connectivity index (χ0) is 17.2. The summed E-state index contributed by atoms with van der Waals surface area (Å²) in [7, 11) is 1.73. The van der Waals surface area contributed by atoms with E-state index < -0.39 is 0 Å². The van der Waals surface area contributed by atoms with Gasteiger partial charge in [-0.05, 0) is 30.2 Å². The summed E-state index contributed by atoms with van der Waals surface area (Å²) < 4.78 is 13.5. The molecule has 0 amide bonds. The van der Waals surface area contributed by atoms with Crippen molar-refractivity contribution in [1.29, 1.82) is 0 Å². The minimum absolute atomic E-state index is 0. The Balaban J connectivity index is 0.00000312. The molecule has 0 saturated carbocycles. The van der Waals surface area contributed by atoms with Gasteiger partial charge in [0.15, 0.2) is 5.96 Å². The second kappa shape index (κ2) is 12.3. The summed E-state index contributed by atoms with van der Waals surface area (Å²) in [5.41, 5.74) is 1.11. The van der Waals surface area contributed by atoms with Crippen LogP contribution in [0.1, 0.15) is 5.56 Å². The summed E-state index contributed by atoms with van der Waals surface area (Å²) in [4.78, 5) is 8.89. The molecule has 1 aromatic heterocycles. The van der Waals surface area contributed by atoms with Crippen LogP contribution in [0.4, 0.5) is 4.39 Å². The van der Waals surface area contributed by atoms with Crippen molar-refractivity contribution in [2.45, 2.75) is 11.3 Å². The molecular weight excluding hydrogens is 474 g/mol. The van der Waals surface area contributed by atoms with Gasteiger partial charge in [0.25, 0.3) is 0 Å². The lowest BCUT2D eigenvalue weighted by Gasteiger charge is -2.11. The Hall–Kier alpha value is -1.06. The zero-order valence-corrected chi connectivity index (χ0v) is 17.7. The average Bonchev–Trinajstić information content (AvgIpc) is 2.60. The van der Waals surface area contributed by atoms with Crippen LogP contribution < -0.4 is 10.6 Å². The number of aromatic nitrogens is 1. The maximum atomic E-state index is 13.5. The highest BCUT2D eigenvalue weighted by Gasteiger charge is 2.02. The minimum Gasteiger partial charge on any atom is -0.356 e. The summed E-state index contributed by atoms with van der Waals surface area (Å²) in [6.07, 6.45) is 2.60. The summed E-state index contributed by atoms with van der Waals surface area (Å²) in [6, 6.07) is 10.5. The highest BCUT2D eigenvalue weighted by Crippen LogP contribution is 2.20. The first-order valence-electron chi connectivity index (χ1n) is 7.61. The molecule has 0 spiro atoms. The number of hydrogen-bond acceptors (Lipinski definition) is 3. The third-order valence-corrected chi connectivity index (χ3v) is 4.48. The Labute approximate surface area is 174 Å². The molecule has 1 aromatic carbocycles. The van der Waals surface area contributed by atoms with E-state index in [1.165, 1.54) is 17.8 Å². The first-order chi connectivity index (χ1) is 11.7. The minimum atomic E-state index is -0.179. The molecule has 0 saturated heterocycles. The molecule has 0 atom stereocenters. The SMILES string of the molecule is CN=C(NCCSc1ccccc1F)NCCc1ccc(Cl)nc1.I. The third-order valence-electron chi connectivity index (χ3n) is 3.21. The van der Waals surface area contributed by atoms with Gasteiger partial charge in [0.2, 0.25) is 0 Å². The van der Waals surface area contributed by atoms with Gasteiger partial charge in [-0.25, -0.2) is 9.37 Å². The molecule has 0 radical (unpaired) electrons. The van der Waals surface area contributed by atoms with E-state index in [1.54, 1.807) is 31.4 Å². The molecule has 8 heteroatoms. The zero-order valence-electron chi connectivity index (χ0n) is 13.8. The van der Waals surface area contributed by atoms with Crippen LogP contribution in [0.15, 0.2) is 52.5 Å². The predicted octanol–water partition coefficient (Wildman–Crippen LogP) is 3.99. The summed E-state index contributed by atoms with van der Waals surface area (Å²) in [5.74, 6) is 1.30.